The van der Waals surface area contributed by atoms with Crippen LogP contribution in [0.15, 0.2) is 10.9 Å². The van der Waals surface area contributed by atoms with E-state index in [1.54, 1.807) is 4.57 Å². The largest absolute Gasteiger partial charge is 0.312 e. The Balaban J connectivity index is 2.66. The fraction of sp³-hybridized carbons (Fsp3) is 0.538. The van der Waals surface area contributed by atoms with E-state index >= 15 is 0 Å². The van der Waals surface area contributed by atoms with Gasteiger partial charge in [-0.3, -0.25) is 4.79 Å². The normalized spacial score (nSPS) is 16.1. The number of nitrogens with zero attached hydrogens (tertiary/aromatic N) is 2. The number of aromatic nitrogens is 2. The summed E-state index contributed by atoms with van der Waals surface area (Å²) in [5.41, 5.74) is 3.87. The fourth-order valence-electron chi connectivity index (χ4n) is 2.21. The smallest absolute Gasteiger partial charge is 0.276 e. The van der Waals surface area contributed by atoms with Gasteiger partial charge < -0.3 is 4.57 Å². The van der Waals surface area contributed by atoms with E-state index in [-0.39, 0.29) is 5.56 Å². The first-order valence-electron chi connectivity index (χ1n) is 5.87. The average Bonchev–Trinajstić information content (AvgIpc) is 2.33. The second-order valence-electron chi connectivity index (χ2n) is 4.40. The van der Waals surface area contributed by atoms with E-state index in [9.17, 15) is 4.79 Å². The zero-order valence-electron chi connectivity index (χ0n) is 10.2. The van der Waals surface area contributed by atoms with Crippen LogP contribution in [-0.4, -0.2) is 9.55 Å². The Bertz CT molecular complexity index is 497. The fourth-order valence-corrected chi connectivity index (χ4v) is 2.21. The molecular weight excluding hydrogens is 200 g/mol. The van der Waals surface area contributed by atoms with Gasteiger partial charge in [-0.15, -0.1) is 0 Å². The molecule has 0 spiro atoms. The molecule has 0 aromatic carbocycles. The van der Waals surface area contributed by atoms with E-state index < -0.39 is 0 Å². The quantitative estimate of drug-likeness (QED) is 0.723. The lowest BCUT2D eigenvalue weighted by molar-refractivity contribution is 0.602. The molecule has 3 heteroatoms. The Morgan fingerprint density at radius 3 is 2.75 bits per heavy atom. The molecule has 0 N–H and O–H groups in total. The second-order valence-corrected chi connectivity index (χ2v) is 4.40. The molecule has 0 atom stereocenters. The molecule has 3 nitrogen and oxygen atoms in total. The summed E-state index contributed by atoms with van der Waals surface area (Å²) >= 11 is 0. The van der Waals surface area contributed by atoms with E-state index in [4.69, 9.17) is 0 Å². The third-order valence-corrected chi connectivity index (χ3v) is 3.38. The maximum atomic E-state index is 12.1. The number of hydrogen-bond donors (Lipinski definition) is 0. The lowest BCUT2D eigenvalue weighted by atomic mass is 9.99. The molecule has 0 fully saturated rings. The van der Waals surface area contributed by atoms with Gasteiger partial charge in [-0.1, -0.05) is 6.08 Å². The minimum absolute atomic E-state index is 0.0382. The van der Waals surface area contributed by atoms with Gasteiger partial charge in [0.25, 0.3) is 5.56 Å². The maximum absolute atomic E-state index is 12.1. The van der Waals surface area contributed by atoms with Crippen molar-refractivity contribution in [2.45, 2.75) is 39.5 Å². The van der Waals surface area contributed by atoms with Crippen molar-refractivity contribution in [2.75, 3.05) is 0 Å². The lowest BCUT2D eigenvalue weighted by Crippen LogP contribution is -2.28. The van der Waals surface area contributed by atoms with Crippen molar-refractivity contribution in [1.82, 2.24) is 9.55 Å². The molecule has 1 aromatic heterocycles. The van der Waals surface area contributed by atoms with Crippen molar-refractivity contribution in [3.8, 4) is 0 Å². The predicted octanol–water partition coefficient (Wildman–Crippen LogP) is 2.08. The minimum Gasteiger partial charge on any atom is -0.312 e. The van der Waals surface area contributed by atoms with Crippen LogP contribution in [0.5, 0.6) is 0 Å². The van der Waals surface area contributed by atoms with Gasteiger partial charge in [0.05, 0.1) is 5.69 Å². The summed E-state index contributed by atoms with van der Waals surface area (Å²) in [7, 11) is 1.86. The highest BCUT2D eigenvalue weighted by Crippen LogP contribution is 2.19. The summed E-state index contributed by atoms with van der Waals surface area (Å²) in [6.45, 7) is 3.88. The van der Waals surface area contributed by atoms with E-state index in [1.165, 1.54) is 12.8 Å². The van der Waals surface area contributed by atoms with Crippen LogP contribution in [0.4, 0.5) is 0 Å². The Labute approximate surface area is 95.8 Å². The molecule has 0 aliphatic heterocycles. The van der Waals surface area contributed by atoms with Crippen LogP contribution in [0.1, 0.15) is 43.8 Å². The van der Waals surface area contributed by atoms with Crippen LogP contribution >= 0.6 is 0 Å². The minimum atomic E-state index is 0.0382. The Hall–Kier alpha value is -1.38. The molecule has 0 radical (unpaired) electrons. The molecule has 86 valence electrons. The number of rotatable bonds is 1. The molecule has 1 aliphatic rings. The molecule has 1 aliphatic carbocycles. The average molecular weight is 218 g/mol. The van der Waals surface area contributed by atoms with Crippen molar-refractivity contribution in [2.24, 2.45) is 7.05 Å². The molecule has 0 bridgehead atoms. The third-order valence-electron chi connectivity index (χ3n) is 3.38. The molecule has 0 amide bonds. The molecule has 2 rings (SSSR count). The van der Waals surface area contributed by atoms with Gasteiger partial charge in [0, 0.05) is 12.7 Å². The van der Waals surface area contributed by atoms with E-state index in [1.807, 2.05) is 27.0 Å². The molecule has 1 heterocycles. The SMILES string of the molecule is C/C=C(/C)c1nc2c(n(C)c1=O)CCCC2. The molecule has 16 heavy (non-hydrogen) atoms. The molecule has 0 saturated heterocycles. The van der Waals surface area contributed by atoms with Gasteiger partial charge in [0.1, 0.15) is 5.69 Å². The summed E-state index contributed by atoms with van der Waals surface area (Å²) in [6.07, 6.45) is 6.30. The van der Waals surface area contributed by atoms with Crippen LogP contribution in [0.2, 0.25) is 0 Å². The third kappa shape index (κ3) is 1.70. The maximum Gasteiger partial charge on any atom is 0.276 e. The highest BCUT2D eigenvalue weighted by atomic mass is 16.1. The van der Waals surface area contributed by atoms with Crippen LogP contribution in [0.3, 0.4) is 0 Å². The zero-order chi connectivity index (χ0) is 11.7. The number of fused-ring (bicyclic) bond motifs is 1. The highest BCUT2D eigenvalue weighted by Gasteiger charge is 2.17. The monoisotopic (exact) mass is 218 g/mol. The van der Waals surface area contributed by atoms with Crippen molar-refractivity contribution in [3.05, 3.63) is 33.5 Å². The van der Waals surface area contributed by atoms with Gasteiger partial charge in [0.2, 0.25) is 0 Å². The number of hydrogen-bond acceptors (Lipinski definition) is 2. The van der Waals surface area contributed by atoms with Crippen LogP contribution in [-0.2, 0) is 19.9 Å². The van der Waals surface area contributed by atoms with Crippen LogP contribution in [0.25, 0.3) is 5.57 Å². The second kappa shape index (κ2) is 4.24. The Morgan fingerprint density at radius 2 is 2.06 bits per heavy atom. The van der Waals surface area contributed by atoms with Crippen molar-refractivity contribution >= 4 is 5.57 Å². The topological polar surface area (TPSA) is 34.9 Å². The summed E-state index contributed by atoms with van der Waals surface area (Å²) in [5.74, 6) is 0. The summed E-state index contributed by atoms with van der Waals surface area (Å²) in [4.78, 5) is 16.6. The van der Waals surface area contributed by atoms with Gasteiger partial charge in [-0.2, -0.15) is 0 Å². The Kier molecular flexibility index (Phi) is 2.95. The van der Waals surface area contributed by atoms with Gasteiger partial charge in [-0.25, -0.2) is 4.98 Å². The first kappa shape index (κ1) is 11.1. The van der Waals surface area contributed by atoms with Crippen LogP contribution < -0.4 is 5.56 Å². The van der Waals surface area contributed by atoms with E-state index in [2.05, 4.69) is 4.98 Å². The first-order chi connectivity index (χ1) is 7.65. The van der Waals surface area contributed by atoms with Gasteiger partial charge in [0.15, 0.2) is 0 Å². The van der Waals surface area contributed by atoms with E-state index in [0.29, 0.717) is 5.69 Å². The summed E-state index contributed by atoms with van der Waals surface area (Å²) < 4.78 is 1.78. The lowest BCUT2D eigenvalue weighted by Gasteiger charge is -2.19. The zero-order valence-corrected chi connectivity index (χ0v) is 10.2. The molecular formula is C13H18N2O. The van der Waals surface area contributed by atoms with Crippen molar-refractivity contribution in [3.63, 3.8) is 0 Å². The summed E-state index contributed by atoms with van der Waals surface area (Å²) in [6, 6.07) is 0. The summed E-state index contributed by atoms with van der Waals surface area (Å²) in [5, 5.41) is 0. The molecule has 0 unspecified atom stereocenters. The highest BCUT2D eigenvalue weighted by molar-refractivity contribution is 5.59. The van der Waals surface area contributed by atoms with Gasteiger partial charge in [-0.05, 0) is 45.1 Å². The number of aryl methyl sites for hydroxylation is 1. The standard InChI is InChI=1S/C13H18N2O/c1-4-9(2)12-13(16)15(3)11-8-6-5-7-10(11)14-12/h4H,5-8H2,1-3H3/b9-4-. The van der Waals surface area contributed by atoms with Gasteiger partial charge >= 0.3 is 0 Å². The Morgan fingerprint density at radius 1 is 1.38 bits per heavy atom. The van der Waals surface area contributed by atoms with Crippen molar-refractivity contribution in [1.29, 1.82) is 0 Å². The number of allylic oxidation sites excluding steroid dienone is 2. The molecule has 0 saturated carbocycles. The van der Waals surface area contributed by atoms with Crippen molar-refractivity contribution < 1.29 is 0 Å². The molecule has 1 aromatic rings. The first-order valence-corrected chi connectivity index (χ1v) is 5.87. The predicted molar refractivity (Wildman–Crippen MR) is 65.4 cm³/mol. The van der Waals surface area contributed by atoms with Crippen LogP contribution in [0, 0.1) is 0 Å². The van der Waals surface area contributed by atoms with E-state index in [0.717, 1.165) is 29.8 Å².